The predicted octanol–water partition coefficient (Wildman–Crippen LogP) is 2.03. The molecule has 0 aromatic heterocycles. The topological polar surface area (TPSA) is 9.23 Å². The summed E-state index contributed by atoms with van der Waals surface area (Å²) in [5.41, 5.74) is 0. The molecule has 0 atom stereocenters. The zero-order valence-electron chi connectivity index (χ0n) is 15.3. The zero-order valence-corrected chi connectivity index (χ0v) is 17.8. The van der Waals surface area contributed by atoms with Gasteiger partial charge in [0.25, 0.3) is 0 Å². The van der Waals surface area contributed by atoms with Gasteiger partial charge in [0, 0.05) is 6.42 Å². The Morgan fingerprint density at radius 2 is 1.07 bits per heavy atom. The molecule has 3 aromatic rings. The fourth-order valence-electron chi connectivity index (χ4n) is 3.65. The van der Waals surface area contributed by atoms with Gasteiger partial charge in [-0.15, -0.1) is 0 Å². The van der Waals surface area contributed by atoms with Crippen molar-refractivity contribution in [1.29, 1.82) is 0 Å². The van der Waals surface area contributed by atoms with Crippen LogP contribution in [0.15, 0.2) is 103 Å². The maximum Gasteiger partial charge on any atom is 0.140 e. The molecule has 0 amide bonds. The molecule has 1 aliphatic rings. The second-order valence-corrected chi connectivity index (χ2v) is 9.88. The highest BCUT2D eigenvalue weighted by molar-refractivity contribution is 7.98. The number of benzene rings is 3. The third-order valence-corrected chi connectivity index (χ3v) is 8.95. The fourth-order valence-corrected chi connectivity index (χ4v) is 7.56. The minimum atomic E-state index is -1.91. The minimum absolute atomic E-state index is 0. The van der Waals surface area contributed by atoms with E-state index in [9.17, 15) is 0 Å². The quantitative estimate of drug-likeness (QED) is 0.566. The van der Waals surface area contributed by atoms with Crippen molar-refractivity contribution in [2.45, 2.75) is 19.3 Å². The highest BCUT2D eigenvalue weighted by atomic mass is 79.9. The Balaban J connectivity index is 0.00000210. The summed E-state index contributed by atoms with van der Waals surface area (Å²) < 4.78 is 6.09. The maximum atomic E-state index is 6.09. The van der Waals surface area contributed by atoms with Crippen LogP contribution in [0.4, 0.5) is 0 Å². The molecule has 0 unspecified atom stereocenters. The van der Waals surface area contributed by atoms with Crippen molar-refractivity contribution in [2.24, 2.45) is 0 Å². The smallest absolute Gasteiger partial charge is 0.140 e. The van der Waals surface area contributed by atoms with Gasteiger partial charge in [-0.25, -0.2) is 0 Å². The molecule has 0 N–H and O–H groups in total. The molecule has 1 aliphatic heterocycles. The first-order chi connectivity index (χ1) is 12.9. The minimum Gasteiger partial charge on any atom is -1.00 e. The van der Waals surface area contributed by atoms with Gasteiger partial charge in [0.15, 0.2) is 0 Å². The van der Waals surface area contributed by atoms with Gasteiger partial charge in [0.2, 0.25) is 0 Å². The van der Waals surface area contributed by atoms with E-state index < -0.39 is 7.26 Å². The molecule has 1 fully saturated rings. The average Bonchev–Trinajstić information content (AvgIpc) is 2.75. The highest BCUT2D eigenvalue weighted by Crippen LogP contribution is 2.58. The molecule has 3 heteroatoms. The van der Waals surface area contributed by atoms with E-state index in [0.29, 0.717) is 0 Å². The van der Waals surface area contributed by atoms with Crippen molar-refractivity contribution < 1.29 is 21.7 Å². The Hall–Kier alpha value is -1.89. The molecule has 3 aromatic carbocycles. The molecule has 0 bridgehead atoms. The first-order valence-electron chi connectivity index (χ1n) is 9.30. The first kappa shape index (κ1) is 19.9. The molecule has 0 spiro atoms. The third kappa shape index (κ3) is 4.18. The fraction of sp³-hybridized carbons (Fsp3) is 0.167. The third-order valence-electron chi connectivity index (χ3n) is 4.93. The van der Waals surface area contributed by atoms with E-state index >= 15 is 0 Å². The Morgan fingerprint density at radius 1 is 0.630 bits per heavy atom. The first-order valence-corrected chi connectivity index (χ1v) is 11.2. The Morgan fingerprint density at radius 3 is 1.44 bits per heavy atom. The number of rotatable bonds is 4. The Bertz CT molecular complexity index is 758. The van der Waals surface area contributed by atoms with Gasteiger partial charge >= 0.3 is 0 Å². The lowest BCUT2D eigenvalue weighted by molar-refractivity contribution is -0.00000599. The van der Waals surface area contributed by atoms with Crippen molar-refractivity contribution in [3.63, 3.8) is 0 Å². The molecular formula is C24H24BrOP. The maximum absolute atomic E-state index is 6.09. The van der Waals surface area contributed by atoms with Crippen molar-refractivity contribution in [2.75, 3.05) is 6.61 Å². The summed E-state index contributed by atoms with van der Waals surface area (Å²) in [5.74, 6) is 3.62. The lowest BCUT2D eigenvalue weighted by atomic mass is 10.2. The van der Waals surface area contributed by atoms with E-state index in [1.807, 2.05) is 0 Å². The van der Waals surface area contributed by atoms with Crippen LogP contribution in [0.1, 0.15) is 19.3 Å². The standard InChI is InChI=1S/C24H24OP.BrH/c1-4-13-22(14-5-1)26(23-15-6-2-7-16-23,24-17-8-3-9-18-24)20-21-12-10-11-19-25-21;/h1-9,13-18,20H,10-12,19H2;1H/q+1;/p-1. The Labute approximate surface area is 173 Å². The number of hydrogen-bond donors (Lipinski definition) is 0. The van der Waals surface area contributed by atoms with E-state index in [1.54, 1.807) is 0 Å². The number of halogens is 1. The van der Waals surface area contributed by atoms with Crippen LogP contribution < -0.4 is 32.9 Å². The van der Waals surface area contributed by atoms with Gasteiger partial charge in [0.1, 0.15) is 34.8 Å². The van der Waals surface area contributed by atoms with E-state index in [0.717, 1.165) is 25.2 Å². The zero-order chi connectivity index (χ0) is 17.7. The Kier molecular flexibility index (Phi) is 6.88. The average molecular weight is 439 g/mol. The van der Waals surface area contributed by atoms with Crippen LogP contribution in [-0.2, 0) is 4.74 Å². The summed E-state index contributed by atoms with van der Waals surface area (Å²) in [5, 5.41) is 4.12. The summed E-state index contributed by atoms with van der Waals surface area (Å²) in [6, 6.07) is 32.8. The number of ether oxygens (including phenoxy) is 1. The number of allylic oxidation sites excluding steroid dienone is 1. The molecule has 1 heterocycles. The molecule has 138 valence electrons. The molecule has 1 nitrogen and oxygen atoms in total. The predicted molar refractivity (Wildman–Crippen MR) is 113 cm³/mol. The second-order valence-electron chi connectivity index (χ2n) is 6.63. The summed E-state index contributed by atoms with van der Waals surface area (Å²) in [4.78, 5) is 0. The largest absolute Gasteiger partial charge is 1.00 e. The molecule has 0 aliphatic carbocycles. The molecule has 4 rings (SSSR count). The summed E-state index contributed by atoms with van der Waals surface area (Å²) in [7, 11) is -1.91. The van der Waals surface area contributed by atoms with Crippen LogP contribution in [0, 0.1) is 0 Å². The van der Waals surface area contributed by atoms with Gasteiger partial charge in [-0.3, -0.25) is 0 Å². The highest BCUT2D eigenvalue weighted by Gasteiger charge is 2.44. The molecule has 1 saturated heterocycles. The van der Waals surface area contributed by atoms with Crippen LogP contribution in [0.2, 0.25) is 0 Å². The van der Waals surface area contributed by atoms with Crippen molar-refractivity contribution in [1.82, 2.24) is 0 Å². The van der Waals surface area contributed by atoms with Crippen LogP contribution >= 0.6 is 7.26 Å². The van der Waals surface area contributed by atoms with Gasteiger partial charge in [-0.2, -0.15) is 0 Å². The lowest BCUT2D eigenvalue weighted by Gasteiger charge is -2.26. The van der Waals surface area contributed by atoms with Crippen LogP contribution in [-0.4, -0.2) is 6.61 Å². The molecule has 27 heavy (non-hydrogen) atoms. The van der Waals surface area contributed by atoms with Crippen molar-refractivity contribution in [3.05, 3.63) is 103 Å². The molecule has 0 saturated carbocycles. The van der Waals surface area contributed by atoms with Crippen molar-refractivity contribution in [3.8, 4) is 0 Å². The van der Waals surface area contributed by atoms with Crippen LogP contribution in [0.3, 0.4) is 0 Å². The van der Waals surface area contributed by atoms with E-state index in [4.69, 9.17) is 4.74 Å². The summed E-state index contributed by atoms with van der Waals surface area (Å²) in [6.07, 6.45) is 3.41. The van der Waals surface area contributed by atoms with Gasteiger partial charge in [-0.1, -0.05) is 54.6 Å². The lowest BCUT2D eigenvalue weighted by Crippen LogP contribution is -3.00. The van der Waals surface area contributed by atoms with Crippen molar-refractivity contribution >= 4 is 23.2 Å². The molecule has 0 radical (unpaired) electrons. The van der Waals surface area contributed by atoms with Gasteiger partial charge < -0.3 is 21.7 Å². The second kappa shape index (κ2) is 9.35. The monoisotopic (exact) mass is 438 g/mol. The summed E-state index contributed by atoms with van der Waals surface area (Å²) in [6.45, 7) is 0.838. The number of hydrogen-bond acceptors (Lipinski definition) is 1. The van der Waals surface area contributed by atoms with Crippen LogP contribution in [0.25, 0.3) is 0 Å². The van der Waals surface area contributed by atoms with E-state index in [-0.39, 0.29) is 17.0 Å². The van der Waals surface area contributed by atoms with E-state index in [1.165, 1.54) is 22.3 Å². The van der Waals surface area contributed by atoms with Crippen LogP contribution in [0.5, 0.6) is 0 Å². The van der Waals surface area contributed by atoms with Gasteiger partial charge in [-0.05, 0) is 49.2 Å². The van der Waals surface area contributed by atoms with E-state index in [2.05, 4.69) is 96.8 Å². The van der Waals surface area contributed by atoms with Gasteiger partial charge in [0.05, 0.1) is 6.61 Å². The normalized spacial score (nSPS) is 15.6. The SMILES string of the molecule is C(=C1CCCCO1)[P+](c1ccccc1)(c1ccccc1)c1ccccc1.[Br-]. The molecular weight excluding hydrogens is 415 g/mol. The summed E-state index contributed by atoms with van der Waals surface area (Å²) >= 11 is 0.